The molecular weight excluding hydrogens is 262 g/mol. The summed E-state index contributed by atoms with van der Waals surface area (Å²) in [5.41, 5.74) is 0.600. The molecule has 1 aliphatic rings. The van der Waals surface area contributed by atoms with Crippen LogP contribution >= 0.6 is 0 Å². The van der Waals surface area contributed by atoms with Gasteiger partial charge in [0.2, 0.25) is 0 Å². The number of carbonyl (C=O) groups excluding carboxylic acids is 1. The van der Waals surface area contributed by atoms with Gasteiger partial charge in [0.05, 0.1) is 5.54 Å². The van der Waals surface area contributed by atoms with Gasteiger partial charge in [-0.15, -0.1) is 0 Å². The summed E-state index contributed by atoms with van der Waals surface area (Å²) in [5.74, 6) is 0.333. The summed E-state index contributed by atoms with van der Waals surface area (Å²) >= 11 is 0. The molecule has 0 radical (unpaired) electrons. The molecule has 1 aromatic rings. The molecule has 21 heavy (non-hydrogen) atoms. The first kappa shape index (κ1) is 15.5. The number of rotatable bonds is 7. The van der Waals surface area contributed by atoms with Gasteiger partial charge in [-0.2, -0.15) is 0 Å². The highest BCUT2D eigenvalue weighted by atomic mass is 16.2. The molecule has 2 rings (SSSR count). The summed E-state index contributed by atoms with van der Waals surface area (Å²) in [6, 6.07) is 9.82. The van der Waals surface area contributed by atoms with E-state index in [0.717, 1.165) is 24.8 Å². The maximum Gasteiger partial charge on any atom is 0.323 e. The van der Waals surface area contributed by atoms with Crippen molar-refractivity contribution in [1.29, 1.82) is 5.41 Å². The molecule has 1 heterocycles. The SMILES string of the molecule is CCCCCCC1(C)C(=N)NC(=O)N1Cc1ccccc1. The number of nitrogens with one attached hydrogen (secondary N) is 2. The molecule has 4 nitrogen and oxygen atoms in total. The molecular formula is C17H25N3O. The van der Waals surface area contributed by atoms with Crippen molar-refractivity contribution < 1.29 is 4.79 Å². The summed E-state index contributed by atoms with van der Waals surface area (Å²) in [6.45, 7) is 4.74. The van der Waals surface area contributed by atoms with Crippen LogP contribution in [0.3, 0.4) is 0 Å². The fourth-order valence-corrected chi connectivity index (χ4v) is 2.84. The van der Waals surface area contributed by atoms with Gasteiger partial charge in [-0.3, -0.25) is 10.7 Å². The van der Waals surface area contributed by atoms with E-state index in [4.69, 9.17) is 5.41 Å². The summed E-state index contributed by atoms with van der Waals surface area (Å²) in [4.78, 5) is 14.0. The lowest BCUT2D eigenvalue weighted by atomic mass is 9.92. The lowest BCUT2D eigenvalue weighted by molar-refractivity contribution is 0.169. The van der Waals surface area contributed by atoms with E-state index in [1.165, 1.54) is 12.8 Å². The maximum atomic E-state index is 12.2. The molecule has 0 spiro atoms. The van der Waals surface area contributed by atoms with Crippen molar-refractivity contribution in [3.8, 4) is 0 Å². The Labute approximate surface area is 127 Å². The van der Waals surface area contributed by atoms with Crippen molar-refractivity contribution >= 4 is 11.9 Å². The molecule has 1 saturated heterocycles. The minimum Gasteiger partial charge on any atom is -0.308 e. The van der Waals surface area contributed by atoms with Crippen LogP contribution in [0.25, 0.3) is 0 Å². The zero-order valence-corrected chi connectivity index (χ0v) is 13.0. The van der Waals surface area contributed by atoms with Gasteiger partial charge in [0.1, 0.15) is 5.84 Å². The molecule has 0 bridgehead atoms. The topological polar surface area (TPSA) is 56.2 Å². The monoisotopic (exact) mass is 287 g/mol. The lowest BCUT2D eigenvalue weighted by Gasteiger charge is -2.33. The normalized spacial score (nSPS) is 21.7. The van der Waals surface area contributed by atoms with Gasteiger partial charge < -0.3 is 4.90 Å². The fourth-order valence-electron chi connectivity index (χ4n) is 2.84. The Balaban J connectivity index is 2.08. The molecule has 114 valence electrons. The molecule has 0 aliphatic carbocycles. The van der Waals surface area contributed by atoms with Crippen LogP contribution in [0, 0.1) is 5.41 Å². The van der Waals surface area contributed by atoms with Crippen molar-refractivity contribution in [2.24, 2.45) is 0 Å². The van der Waals surface area contributed by atoms with Crippen LogP contribution < -0.4 is 5.32 Å². The standard InChI is InChI=1S/C17H25N3O/c1-3-4-5-9-12-17(2)15(18)19-16(21)20(17)13-14-10-7-6-8-11-14/h6-8,10-11H,3-5,9,12-13H2,1-2H3,(H2,18,19,21). The Bertz CT molecular complexity index is 500. The zero-order valence-electron chi connectivity index (χ0n) is 13.0. The Morgan fingerprint density at radius 2 is 1.90 bits per heavy atom. The number of nitrogens with zero attached hydrogens (tertiary/aromatic N) is 1. The summed E-state index contributed by atoms with van der Waals surface area (Å²) < 4.78 is 0. The van der Waals surface area contributed by atoms with E-state index in [2.05, 4.69) is 12.2 Å². The van der Waals surface area contributed by atoms with E-state index < -0.39 is 5.54 Å². The molecule has 1 fully saturated rings. The Morgan fingerprint density at radius 1 is 1.19 bits per heavy atom. The molecule has 4 heteroatoms. The second kappa shape index (κ2) is 6.74. The van der Waals surface area contributed by atoms with Gasteiger partial charge >= 0.3 is 6.03 Å². The largest absolute Gasteiger partial charge is 0.323 e. The van der Waals surface area contributed by atoms with Crippen LogP contribution in [-0.4, -0.2) is 22.3 Å². The second-order valence-corrected chi connectivity index (χ2v) is 5.96. The minimum absolute atomic E-state index is 0.151. The predicted molar refractivity (Wildman–Crippen MR) is 85.4 cm³/mol. The number of amides is 2. The third kappa shape index (κ3) is 3.43. The Morgan fingerprint density at radius 3 is 2.57 bits per heavy atom. The molecule has 1 atom stereocenters. The average molecular weight is 287 g/mol. The van der Waals surface area contributed by atoms with Crippen molar-refractivity contribution in [3.05, 3.63) is 35.9 Å². The maximum absolute atomic E-state index is 12.2. The first-order valence-corrected chi connectivity index (χ1v) is 7.79. The fraction of sp³-hybridized carbons (Fsp3) is 0.529. The van der Waals surface area contributed by atoms with Crippen LogP contribution in [0.4, 0.5) is 4.79 Å². The van der Waals surface area contributed by atoms with Gasteiger partial charge in [0.15, 0.2) is 0 Å². The van der Waals surface area contributed by atoms with Gasteiger partial charge in [-0.1, -0.05) is 62.9 Å². The molecule has 1 unspecified atom stereocenters. The lowest BCUT2D eigenvalue weighted by Crippen LogP contribution is -2.46. The number of amidine groups is 1. The van der Waals surface area contributed by atoms with E-state index in [1.54, 1.807) is 4.90 Å². The highest BCUT2D eigenvalue weighted by Crippen LogP contribution is 2.29. The van der Waals surface area contributed by atoms with E-state index >= 15 is 0 Å². The quantitative estimate of drug-likeness (QED) is 0.734. The van der Waals surface area contributed by atoms with Gasteiger partial charge in [0, 0.05) is 6.54 Å². The number of hydrogen-bond acceptors (Lipinski definition) is 2. The number of urea groups is 1. The van der Waals surface area contributed by atoms with Crippen LogP contribution in [0.5, 0.6) is 0 Å². The minimum atomic E-state index is -0.499. The molecule has 2 N–H and O–H groups in total. The summed E-state index contributed by atoms with van der Waals surface area (Å²) in [6.07, 6.45) is 5.46. The van der Waals surface area contributed by atoms with Crippen LogP contribution in [0.2, 0.25) is 0 Å². The van der Waals surface area contributed by atoms with Gasteiger partial charge in [0.25, 0.3) is 0 Å². The molecule has 2 amide bonds. The average Bonchev–Trinajstić information content (AvgIpc) is 2.69. The number of hydrogen-bond donors (Lipinski definition) is 2. The summed E-state index contributed by atoms with van der Waals surface area (Å²) in [5, 5.41) is 10.8. The van der Waals surface area contributed by atoms with Crippen molar-refractivity contribution in [2.45, 2.75) is 58.0 Å². The predicted octanol–water partition coefficient (Wildman–Crippen LogP) is 3.92. The summed E-state index contributed by atoms with van der Waals surface area (Å²) in [7, 11) is 0. The zero-order chi connectivity index (χ0) is 15.3. The molecule has 0 aromatic heterocycles. The van der Waals surface area contributed by atoms with Crippen LogP contribution in [-0.2, 0) is 6.54 Å². The smallest absolute Gasteiger partial charge is 0.308 e. The van der Waals surface area contributed by atoms with Gasteiger partial charge in [-0.25, -0.2) is 4.79 Å². The molecule has 1 aromatic carbocycles. The van der Waals surface area contributed by atoms with Crippen LogP contribution in [0.1, 0.15) is 51.5 Å². The van der Waals surface area contributed by atoms with Crippen molar-refractivity contribution in [1.82, 2.24) is 10.2 Å². The van der Waals surface area contributed by atoms with E-state index in [9.17, 15) is 4.79 Å². The second-order valence-electron chi connectivity index (χ2n) is 5.96. The first-order valence-electron chi connectivity index (χ1n) is 7.79. The third-order valence-corrected chi connectivity index (χ3v) is 4.31. The van der Waals surface area contributed by atoms with Crippen LogP contribution in [0.15, 0.2) is 30.3 Å². The highest BCUT2D eigenvalue weighted by molar-refractivity contribution is 6.08. The van der Waals surface area contributed by atoms with Crippen molar-refractivity contribution in [3.63, 3.8) is 0 Å². The Hall–Kier alpha value is -1.84. The highest BCUT2D eigenvalue weighted by Gasteiger charge is 2.45. The van der Waals surface area contributed by atoms with E-state index in [1.807, 2.05) is 37.3 Å². The number of unbranched alkanes of at least 4 members (excludes halogenated alkanes) is 3. The third-order valence-electron chi connectivity index (χ3n) is 4.31. The van der Waals surface area contributed by atoms with Crippen molar-refractivity contribution in [2.75, 3.05) is 0 Å². The Kier molecular flexibility index (Phi) is 4.99. The number of carbonyl (C=O) groups is 1. The van der Waals surface area contributed by atoms with E-state index in [-0.39, 0.29) is 6.03 Å². The molecule has 0 saturated carbocycles. The number of benzene rings is 1. The van der Waals surface area contributed by atoms with E-state index in [0.29, 0.717) is 12.4 Å². The molecule has 1 aliphatic heterocycles. The first-order chi connectivity index (χ1) is 10.1. The van der Waals surface area contributed by atoms with Gasteiger partial charge in [-0.05, 0) is 18.9 Å².